The van der Waals surface area contributed by atoms with Crippen molar-refractivity contribution < 1.29 is 18.4 Å². The summed E-state index contributed by atoms with van der Waals surface area (Å²) < 4.78 is 28.6. The van der Waals surface area contributed by atoms with E-state index >= 15 is 0 Å². The lowest BCUT2D eigenvalue weighted by Gasteiger charge is -2.23. The highest BCUT2D eigenvalue weighted by Gasteiger charge is 2.32. The van der Waals surface area contributed by atoms with Gasteiger partial charge in [-0.3, -0.25) is 14.3 Å². The van der Waals surface area contributed by atoms with E-state index in [0.717, 1.165) is 30.7 Å². The van der Waals surface area contributed by atoms with Crippen molar-refractivity contribution in [2.24, 2.45) is 0 Å². The van der Waals surface area contributed by atoms with Crippen LogP contribution in [-0.2, 0) is 10.3 Å². The molecule has 2 aromatic rings. The Kier molecular flexibility index (Phi) is 5.23. The number of carbonyl (C=O) groups is 2. The monoisotopic (exact) mass is 390 g/mol. The predicted molar refractivity (Wildman–Crippen MR) is 99.8 cm³/mol. The Morgan fingerprint density at radius 1 is 1.18 bits per heavy atom. The first-order valence-corrected chi connectivity index (χ1v) is 9.19. The maximum Gasteiger partial charge on any atom is 0.270 e. The minimum Gasteiger partial charge on any atom is -0.357 e. The van der Waals surface area contributed by atoms with Crippen LogP contribution in [0.5, 0.6) is 0 Å². The van der Waals surface area contributed by atoms with Crippen molar-refractivity contribution in [3.63, 3.8) is 0 Å². The fraction of sp³-hybridized carbons (Fsp3) is 0.450. The standard InChI is InChI=1S/C20H24F2N4O2/c1-20(2,3)26-16(10-15(25-26)11-5-6-11)18(27)24-17(19(28)23-4)12-7-8-13(21)14(22)9-12/h7-11,17H,5-6H2,1-4H3,(H,23,28)(H,24,27). The molecule has 1 aliphatic rings. The zero-order valence-corrected chi connectivity index (χ0v) is 16.3. The van der Waals surface area contributed by atoms with Crippen LogP contribution in [0.2, 0.25) is 0 Å². The molecular formula is C20H24F2N4O2. The van der Waals surface area contributed by atoms with E-state index in [1.165, 1.54) is 13.1 Å². The number of amides is 2. The SMILES string of the molecule is CNC(=O)C(NC(=O)c1cc(C2CC2)nn1C(C)(C)C)c1ccc(F)c(F)c1. The fourth-order valence-electron chi connectivity index (χ4n) is 2.99. The third-order valence-corrected chi connectivity index (χ3v) is 4.65. The van der Waals surface area contributed by atoms with Crippen LogP contribution in [0.3, 0.4) is 0 Å². The first-order valence-electron chi connectivity index (χ1n) is 9.19. The number of hydrogen-bond donors (Lipinski definition) is 2. The van der Waals surface area contributed by atoms with Crippen LogP contribution < -0.4 is 10.6 Å². The number of nitrogens with one attached hydrogen (secondary N) is 2. The van der Waals surface area contributed by atoms with Crippen LogP contribution in [0.25, 0.3) is 0 Å². The van der Waals surface area contributed by atoms with Gasteiger partial charge in [-0.1, -0.05) is 6.07 Å². The summed E-state index contributed by atoms with van der Waals surface area (Å²) in [4.78, 5) is 25.3. The third-order valence-electron chi connectivity index (χ3n) is 4.65. The smallest absolute Gasteiger partial charge is 0.270 e. The normalized spacial score (nSPS) is 15.2. The zero-order valence-electron chi connectivity index (χ0n) is 16.3. The first kappa shape index (κ1) is 20.0. The molecule has 2 amide bonds. The van der Waals surface area contributed by atoms with Crippen LogP contribution in [0.1, 0.15) is 67.3 Å². The quantitative estimate of drug-likeness (QED) is 0.824. The molecule has 1 aromatic heterocycles. The summed E-state index contributed by atoms with van der Waals surface area (Å²) in [5, 5.41) is 9.65. The van der Waals surface area contributed by atoms with Crippen molar-refractivity contribution >= 4 is 11.8 Å². The molecule has 28 heavy (non-hydrogen) atoms. The molecule has 1 heterocycles. The highest BCUT2D eigenvalue weighted by Crippen LogP contribution is 2.40. The van der Waals surface area contributed by atoms with E-state index in [4.69, 9.17) is 0 Å². The summed E-state index contributed by atoms with van der Waals surface area (Å²) in [6.07, 6.45) is 2.08. The van der Waals surface area contributed by atoms with Crippen molar-refractivity contribution in [1.82, 2.24) is 20.4 Å². The molecule has 0 radical (unpaired) electrons. The van der Waals surface area contributed by atoms with E-state index in [0.29, 0.717) is 11.6 Å². The van der Waals surface area contributed by atoms with E-state index < -0.39 is 35.0 Å². The molecule has 0 bridgehead atoms. The topological polar surface area (TPSA) is 76.0 Å². The van der Waals surface area contributed by atoms with Crippen molar-refractivity contribution in [3.8, 4) is 0 Å². The Bertz CT molecular complexity index is 913. The molecule has 0 spiro atoms. The van der Waals surface area contributed by atoms with Gasteiger partial charge in [-0.2, -0.15) is 5.10 Å². The second-order valence-electron chi connectivity index (χ2n) is 8.01. The van der Waals surface area contributed by atoms with E-state index in [2.05, 4.69) is 15.7 Å². The van der Waals surface area contributed by atoms with Crippen LogP contribution in [-0.4, -0.2) is 28.6 Å². The molecule has 0 aliphatic heterocycles. The number of likely N-dealkylation sites (N-methyl/N-ethyl adjacent to an activating group) is 1. The summed E-state index contributed by atoms with van der Waals surface area (Å²) in [5.41, 5.74) is 0.885. The van der Waals surface area contributed by atoms with Crippen LogP contribution in [0.15, 0.2) is 24.3 Å². The Hall–Kier alpha value is -2.77. The molecule has 1 unspecified atom stereocenters. The summed E-state index contributed by atoms with van der Waals surface area (Å²) in [5.74, 6) is -2.80. The average Bonchev–Trinajstić information content (AvgIpc) is 3.38. The van der Waals surface area contributed by atoms with Crippen molar-refractivity contribution in [2.75, 3.05) is 7.05 Å². The highest BCUT2D eigenvalue weighted by atomic mass is 19.2. The van der Waals surface area contributed by atoms with E-state index in [1.54, 1.807) is 10.7 Å². The second-order valence-corrected chi connectivity index (χ2v) is 8.01. The molecule has 150 valence electrons. The number of aromatic nitrogens is 2. The Labute approximate surface area is 162 Å². The molecule has 1 fully saturated rings. The molecule has 1 aromatic carbocycles. The van der Waals surface area contributed by atoms with Crippen molar-refractivity contribution in [1.29, 1.82) is 0 Å². The number of rotatable bonds is 5. The number of carbonyl (C=O) groups excluding carboxylic acids is 2. The molecule has 2 N–H and O–H groups in total. The van der Waals surface area contributed by atoms with Gasteiger partial charge in [0.05, 0.1) is 11.2 Å². The lowest BCUT2D eigenvalue weighted by atomic mass is 10.0. The fourth-order valence-corrected chi connectivity index (χ4v) is 2.99. The van der Waals surface area contributed by atoms with Gasteiger partial charge in [0.15, 0.2) is 11.6 Å². The minimum absolute atomic E-state index is 0.149. The Morgan fingerprint density at radius 2 is 1.86 bits per heavy atom. The van der Waals surface area contributed by atoms with E-state index in [1.807, 2.05) is 20.8 Å². The molecule has 8 heteroatoms. The molecular weight excluding hydrogens is 366 g/mol. The van der Waals surface area contributed by atoms with Gasteiger partial charge in [0, 0.05) is 13.0 Å². The first-order chi connectivity index (χ1) is 13.1. The molecule has 1 atom stereocenters. The summed E-state index contributed by atoms with van der Waals surface area (Å²) in [6, 6.07) is 3.68. The van der Waals surface area contributed by atoms with Crippen molar-refractivity contribution in [2.45, 2.75) is 51.1 Å². The summed E-state index contributed by atoms with van der Waals surface area (Å²) in [7, 11) is 1.41. The van der Waals surface area contributed by atoms with Crippen molar-refractivity contribution in [3.05, 3.63) is 52.9 Å². The summed E-state index contributed by atoms with van der Waals surface area (Å²) >= 11 is 0. The molecule has 1 saturated carbocycles. The number of hydrogen-bond acceptors (Lipinski definition) is 3. The second kappa shape index (κ2) is 7.33. The van der Waals surface area contributed by atoms with Crippen LogP contribution in [0, 0.1) is 11.6 Å². The third kappa shape index (κ3) is 4.05. The van der Waals surface area contributed by atoms with Gasteiger partial charge in [-0.05, 0) is 57.4 Å². The van der Waals surface area contributed by atoms with Gasteiger partial charge in [0.2, 0.25) is 5.91 Å². The maximum atomic E-state index is 13.7. The lowest BCUT2D eigenvalue weighted by molar-refractivity contribution is -0.122. The molecule has 1 aliphatic carbocycles. The zero-order chi connectivity index (χ0) is 20.6. The van der Waals surface area contributed by atoms with Gasteiger partial charge >= 0.3 is 0 Å². The van der Waals surface area contributed by atoms with Gasteiger partial charge in [-0.15, -0.1) is 0 Å². The largest absolute Gasteiger partial charge is 0.357 e. The van der Waals surface area contributed by atoms with Crippen LogP contribution >= 0.6 is 0 Å². The molecule has 0 saturated heterocycles. The summed E-state index contributed by atoms with van der Waals surface area (Å²) in [6.45, 7) is 5.79. The average molecular weight is 390 g/mol. The van der Waals surface area contributed by atoms with Crippen LogP contribution in [0.4, 0.5) is 8.78 Å². The van der Waals surface area contributed by atoms with Gasteiger partial charge in [0.25, 0.3) is 5.91 Å². The molecule has 6 nitrogen and oxygen atoms in total. The van der Waals surface area contributed by atoms with E-state index in [-0.39, 0.29) is 5.56 Å². The number of halogens is 2. The molecule has 3 rings (SSSR count). The van der Waals surface area contributed by atoms with Gasteiger partial charge < -0.3 is 10.6 Å². The van der Waals surface area contributed by atoms with E-state index in [9.17, 15) is 18.4 Å². The highest BCUT2D eigenvalue weighted by molar-refractivity contribution is 5.96. The Morgan fingerprint density at radius 3 is 2.39 bits per heavy atom. The minimum atomic E-state index is -1.17. The van der Waals surface area contributed by atoms with Gasteiger partial charge in [-0.25, -0.2) is 8.78 Å². The predicted octanol–water partition coefficient (Wildman–Crippen LogP) is 3.01. The maximum absolute atomic E-state index is 13.7. The number of nitrogens with zero attached hydrogens (tertiary/aromatic N) is 2. The lowest BCUT2D eigenvalue weighted by Crippen LogP contribution is -2.40. The Balaban J connectivity index is 1.94. The number of benzene rings is 1. The van der Waals surface area contributed by atoms with Gasteiger partial charge in [0.1, 0.15) is 11.7 Å².